The number of carbonyl (C=O) groups is 2. The number of aromatic nitrogens is 1. The molecule has 3 radical (unpaired) electrons. The lowest BCUT2D eigenvalue weighted by Crippen LogP contribution is -2.59. The Labute approximate surface area is 276 Å². The van der Waals surface area contributed by atoms with Crippen molar-refractivity contribution in [1.82, 2.24) is 9.88 Å². The van der Waals surface area contributed by atoms with Crippen LogP contribution >= 0.6 is 0 Å². The van der Waals surface area contributed by atoms with Crippen LogP contribution in [0.15, 0.2) is 24.5 Å². The largest absolute Gasteiger partial charge is 0.458 e. The zero-order valence-corrected chi connectivity index (χ0v) is 29.5. The van der Waals surface area contributed by atoms with Crippen molar-refractivity contribution in [3.8, 4) is 0 Å². The highest BCUT2D eigenvalue weighted by Crippen LogP contribution is 2.90. The molecule has 9 atom stereocenters. The van der Waals surface area contributed by atoms with Crippen LogP contribution in [0, 0.1) is 68.4 Å². The van der Waals surface area contributed by atoms with E-state index in [0.717, 1.165) is 50.7 Å². The molecule has 5 aliphatic carbocycles. The Bertz CT molecular complexity index is 1390. The number of carbonyl (C=O) groups excluding carboxylic acids is 2. The maximum absolute atomic E-state index is 13.1. The molecule has 0 bridgehead atoms. The fourth-order valence-electron chi connectivity index (χ4n) is 12.4. The molecule has 1 aromatic heterocycles. The van der Waals surface area contributed by atoms with Gasteiger partial charge in [0.15, 0.2) is 0 Å². The Morgan fingerprint density at radius 3 is 2.54 bits per heavy atom. The minimum Gasteiger partial charge on any atom is -0.458 e. The summed E-state index contributed by atoms with van der Waals surface area (Å²) in [5.41, 5.74) is -0.158. The van der Waals surface area contributed by atoms with Gasteiger partial charge in [0.05, 0.1) is 18.2 Å². The molecule has 7 heteroatoms. The lowest BCUT2D eigenvalue weighted by Gasteiger charge is -2.63. The smallest absolute Gasteiger partial charge is 0.339 e. The van der Waals surface area contributed by atoms with Crippen LogP contribution in [-0.4, -0.2) is 52.7 Å². The number of amides is 1. The van der Waals surface area contributed by atoms with E-state index in [1.54, 1.807) is 35.3 Å². The third-order valence-electron chi connectivity index (χ3n) is 14.6. The number of ether oxygens (including phenoxy) is 2. The second-order valence-electron chi connectivity index (χ2n) is 18.1. The van der Waals surface area contributed by atoms with Crippen LogP contribution in [0.5, 0.6) is 0 Å². The minimum absolute atomic E-state index is 0.0804. The van der Waals surface area contributed by atoms with Crippen LogP contribution in [-0.2, 0) is 14.3 Å². The number of nitrogens with zero attached hydrogens (tertiary/aromatic N) is 2. The summed E-state index contributed by atoms with van der Waals surface area (Å²) in [6.45, 7) is 18.1. The van der Waals surface area contributed by atoms with Gasteiger partial charge in [0.25, 0.3) is 0 Å². The van der Waals surface area contributed by atoms with Crippen molar-refractivity contribution < 1.29 is 24.2 Å². The monoisotopic (exact) mass is 631 g/mol. The molecule has 1 amide bonds. The lowest BCUT2D eigenvalue weighted by molar-refractivity contribution is -0.139. The second kappa shape index (κ2) is 10.3. The number of aliphatic hydroxyl groups excluding tert-OH is 1. The summed E-state index contributed by atoms with van der Waals surface area (Å²) in [5, 5.41) is 12.4. The molecule has 6 fully saturated rings. The molecule has 7 rings (SSSR count). The first kappa shape index (κ1) is 32.6. The third kappa shape index (κ3) is 4.18. The van der Waals surface area contributed by atoms with E-state index in [9.17, 15) is 14.7 Å². The quantitative estimate of drug-likeness (QED) is 0.354. The number of rotatable bonds is 4. The third-order valence-corrected chi connectivity index (χ3v) is 14.6. The first-order chi connectivity index (χ1) is 21.4. The first-order valence-corrected chi connectivity index (χ1v) is 17.7. The predicted molar refractivity (Wildman–Crippen MR) is 175 cm³/mol. The molecule has 0 aromatic carbocycles. The van der Waals surface area contributed by atoms with E-state index in [4.69, 9.17) is 9.47 Å². The van der Waals surface area contributed by atoms with Crippen molar-refractivity contribution in [2.45, 2.75) is 119 Å². The summed E-state index contributed by atoms with van der Waals surface area (Å²) in [5.74, 6) is 2.41. The molecule has 1 unspecified atom stereocenters. The Morgan fingerprint density at radius 2 is 1.87 bits per heavy atom. The topological polar surface area (TPSA) is 89.0 Å². The normalized spacial score (nSPS) is 43.4. The number of hydrogen-bond acceptors (Lipinski definition) is 6. The lowest BCUT2D eigenvalue weighted by atomic mass is 9.41. The summed E-state index contributed by atoms with van der Waals surface area (Å²) in [6, 6.07) is 3.56. The molecule has 2 heterocycles. The van der Waals surface area contributed by atoms with Gasteiger partial charge >= 0.3 is 5.97 Å². The number of likely N-dealkylation sites (N-methyl/N-ethyl adjacent to an activating group) is 1. The Hall–Kier alpha value is -1.99. The van der Waals surface area contributed by atoms with Gasteiger partial charge in [0.2, 0.25) is 5.91 Å². The molecular formula is C39H55N2O5. The van der Waals surface area contributed by atoms with Gasteiger partial charge in [-0.05, 0) is 97.5 Å². The second-order valence-corrected chi connectivity index (χ2v) is 18.1. The molecule has 1 saturated heterocycles. The average Bonchev–Trinajstić information content (AvgIpc) is 3.63. The van der Waals surface area contributed by atoms with Crippen LogP contribution in [0.1, 0.15) is 117 Å². The van der Waals surface area contributed by atoms with Gasteiger partial charge in [-0.15, -0.1) is 0 Å². The van der Waals surface area contributed by atoms with E-state index >= 15 is 0 Å². The SMILES string of the molecule is C[C@@H]1C[C](CN(C)C(=O)C(C)(C)C)O[C]2[C@H]1[C@@]1(C)CC[C@@]34C[C@@]35CCC(OC(=O)c3cccnc3)C(C)(C)[C@@H]5CC[C]4[C@]1(C)[C@H]2O. The van der Waals surface area contributed by atoms with Gasteiger partial charge in [-0.2, -0.15) is 0 Å². The zero-order chi connectivity index (χ0) is 33.2. The van der Waals surface area contributed by atoms with Crippen molar-refractivity contribution in [1.29, 1.82) is 0 Å². The van der Waals surface area contributed by atoms with E-state index in [0.29, 0.717) is 23.9 Å². The highest BCUT2D eigenvalue weighted by Gasteiger charge is 2.85. The zero-order valence-electron chi connectivity index (χ0n) is 29.5. The Balaban J connectivity index is 1.12. The highest BCUT2D eigenvalue weighted by atomic mass is 16.5. The first-order valence-electron chi connectivity index (χ1n) is 17.7. The van der Waals surface area contributed by atoms with Crippen molar-refractivity contribution in [3.63, 3.8) is 0 Å². The average molecular weight is 632 g/mol. The van der Waals surface area contributed by atoms with Gasteiger partial charge in [-0.25, -0.2) is 4.79 Å². The Kier molecular flexibility index (Phi) is 7.26. The molecule has 2 spiro atoms. The van der Waals surface area contributed by atoms with Gasteiger partial charge in [-0.3, -0.25) is 9.78 Å². The van der Waals surface area contributed by atoms with Gasteiger partial charge in [-0.1, -0.05) is 55.4 Å². The summed E-state index contributed by atoms with van der Waals surface area (Å²) >= 11 is 0. The number of hydrogen-bond donors (Lipinski definition) is 1. The van der Waals surface area contributed by atoms with Crippen LogP contribution in [0.4, 0.5) is 0 Å². The molecule has 5 saturated carbocycles. The van der Waals surface area contributed by atoms with E-state index in [1.165, 1.54) is 12.8 Å². The van der Waals surface area contributed by atoms with E-state index in [-0.39, 0.29) is 51.0 Å². The fraction of sp³-hybridized carbons (Fsp3) is 0.744. The molecule has 251 valence electrons. The predicted octanol–water partition coefficient (Wildman–Crippen LogP) is 7.21. The van der Waals surface area contributed by atoms with Gasteiger partial charge < -0.3 is 19.5 Å². The van der Waals surface area contributed by atoms with Gasteiger partial charge in [0, 0.05) is 41.6 Å². The van der Waals surface area contributed by atoms with Gasteiger partial charge in [0.1, 0.15) is 18.3 Å². The summed E-state index contributed by atoms with van der Waals surface area (Å²) < 4.78 is 13.0. The summed E-state index contributed by atoms with van der Waals surface area (Å²) in [6.07, 6.45) is 12.5. The van der Waals surface area contributed by atoms with Crippen LogP contribution in [0.25, 0.3) is 0 Å². The van der Waals surface area contributed by atoms with E-state index in [1.807, 2.05) is 27.8 Å². The fourth-order valence-corrected chi connectivity index (χ4v) is 12.4. The number of fused-ring (bicyclic) bond motifs is 4. The van der Waals surface area contributed by atoms with E-state index < -0.39 is 11.5 Å². The summed E-state index contributed by atoms with van der Waals surface area (Å²) in [4.78, 5) is 32.0. The van der Waals surface area contributed by atoms with Crippen LogP contribution in [0.3, 0.4) is 0 Å². The highest BCUT2D eigenvalue weighted by molar-refractivity contribution is 5.89. The van der Waals surface area contributed by atoms with Crippen molar-refractivity contribution in [2.75, 3.05) is 13.6 Å². The Morgan fingerprint density at radius 1 is 1.13 bits per heavy atom. The number of pyridine rings is 1. The molecule has 6 aliphatic rings. The van der Waals surface area contributed by atoms with E-state index in [2.05, 4.69) is 39.6 Å². The molecule has 1 N–H and O–H groups in total. The maximum atomic E-state index is 13.1. The molecule has 7 nitrogen and oxygen atoms in total. The molecule has 46 heavy (non-hydrogen) atoms. The molecule has 1 aliphatic heterocycles. The van der Waals surface area contributed by atoms with Crippen LogP contribution in [0.2, 0.25) is 0 Å². The minimum atomic E-state index is -0.657. The standard InChI is InChI=1S/C39H55N2O5/c1-23-19-25(21-41(9)33(44)34(2,3)4)45-30-29(23)36(7)16-17-39-22-38(39)15-14-28(46-32(43)24-11-10-18-40-20-24)35(5,6)26(38)12-13-27(39)37(36,8)31(30)42/h10-11,18,20,23,26,28-29,31,42H,12-17,19,21-22H2,1-9H3/t23-,26+,28?,29+,31+,36-,37-,38-,39+/m1/s1. The number of aliphatic hydroxyl groups is 1. The number of esters is 1. The molecular weight excluding hydrogens is 576 g/mol. The van der Waals surface area contributed by atoms with Crippen molar-refractivity contribution in [3.05, 3.63) is 48.2 Å². The maximum Gasteiger partial charge on any atom is 0.339 e. The van der Waals surface area contributed by atoms with Crippen molar-refractivity contribution >= 4 is 11.9 Å². The summed E-state index contributed by atoms with van der Waals surface area (Å²) in [7, 11) is 1.86. The molecule has 1 aromatic rings. The van der Waals surface area contributed by atoms with Crippen molar-refractivity contribution in [2.24, 2.45) is 50.2 Å². The van der Waals surface area contributed by atoms with Crippen LogP contribution < -0.4 is 0 Å².